The molecule has 144 valence electrons. The lowest BCUT2D eigenvalue weighted by molar-refractivity contribution is -0.135. The number of carbonyl (C=O) groups excluding carboxylic acids is 1. The number of hydrogen-bond donors (Lipinski definition) is 1. The number of rotatable bonds is 5. The third kappa shape index (κ3) is 4.96. The van der Waals surface area contributed by atoms with Crippen LogP contribution in [0.2, 0.25) is 0 Å². The van der Waals surface area contributed by atoms with Crippen molar-refractivity contribution in [2.75, 3.05) is 19.6 Å². The van der Waals surface area contributed by atoms with E-state index < -0.39 is 0 Å². The fourth-order valence-corrected chi connectivity index (χ4v) is 3.79. The fraction of sp³-hybridized carbons (Fsp3) is 0.435. The monoisotopic (exact) mass is 365 g/mol. The Balaban J connectivity index is 1.61. The summed E-state index contributed by atoms with van der Waals surface area (Å²) in [5.74, 6) is -0.0523. The highest BCUT2D eigenvalue weighted by Gasteiger charge is 2.29. The van der Waals surface area contributed by atoms with Crippen molar-refractivity contribution in [3.63, 3.8) is 0 Å². The molecule has 1 amide bonds. The summed E-state index contributed by atoms with van der Waals surface area (Å²) in [5.41, 5.74) is 8.73. The van der Waals surface area contributed by atoms with Crippen LogP contribution in [0.5, 0.6) is 0 Å². The van der Waals surface area contributed by atoms with Gasteiger partial charge in [-0.15, -0.1) is 0 Å². The Labute approximate surface area is 163 Å². The predicted molar refractivity (Wildman–Crippen MR) is 110 cm³/mol. The summed E-state index contributed by atoms with van der Waals surface area (Å²) in [6, 6.07) is 20.7. The van der Waals surface area contributed by atoms with Crippen molar-refractivity contribution < 1.29 is 4.79 Å². The van der Waals surface area contributed by atoms with Crippen molar-refractivity contribution in [1.29, 1.82) is 0 Å². The van der Waals surface area contributed by atoms with Crippen LogP contribution in [-0.2, 0) is 11.3 Å². The molecule has 2 aromatic carbocycles. The number of amides is 1. The van der Waals surface area contributed by atoms with E-state index in [1.54, 1.807) is 0 Å². The van der Waals surface area contributed by atoms with Gasteiger partial charge < -0.3 is 10.6 Å². The first-order valence-electron chi connectivity index (χ1n) is 9.93. The molecule has 4 nitrogen and oxygen atoms in total. The van der Waals surface area contributed by atoms with E-state index in [0.717, 1.165) is 38.2 Å². The van der Waals surface area contributed by atoms with Gasteiger partial charge in [-0.2, -0.15) is 0 Å². The van der Waals surface area contributed by atoms with Crippen LogP contribution in [0.1, 0.15) is 37.4 Å². The van der Waals surface area contributed by atoms with Gasteiger partial charge in [-0.05, 0) is 24.5 Å². The highest BCUT2D eigenvalue weighted by Crippen LogP contribution is 2.23. The molecule has 27 heavy (non-hydrogen) atoms. The van der Waals surface area contributed by atoms with Gasteiger partial charge in [0.1, 0.15) is 0 Å². The SMILES string of the molecule is CC(C(=O)N1CCC(C)N(Cc2ccccc2)CC1)C(N)c1ccccc1. The topological polar surface area (TPSA) is 49.6 Å². The normalized spacial score (nSPS) is 20.7. The summed E-state index contributed by atoms with van der Waals surface area (Å²) < 4.78 is 0. The summed E-state index contributed by atoms with van der Waals surface area (Å²) in [6.07, 6.45) is 0.992. The summed E-state index contributed by atoms with van der Waals surface area (Å²) in [6.45, 7) is 7.61. The Morgan fingerprint density at radius 3 is 2.33 bits per heavy atom. The predicted octanol–water partition coefficient (Wildman–Crippen LogP) is 3.45. The minimum atomic E-state index is -0.264. The highest BCUT2D eigenvalue weighted by molar-refractivity contribution is 5.79. The second kappa shape index (κ2) is 9.16. The Morgan fingerprint density at radius 2 is 1.67 bits per heavy atom. The minimum Gasteiger partial charge on any atom is -0.341 e. The number of carbonyl (C=O) groups is 1. The zero-order valence-corrected chi connectivity index (χ0v) is 16.4. The Morgan fingerprint density at radius 1 is 1.04 bits per heavy atom. The molecule has 3 atom stereocenters. The molecule has 2 N–H and O–H groups in total. The second-order valence-electron chi connectivity index (χ2n) is 7.64. The lowest BCUT2D eigenvalue weighted by atomic mass is 9.94. The molecule has 1 aliphatic rings. The number of benzene rings is 2. The van der Waals surface area contributed by atoms with Crippen LogP contribution in [0.4, 0.5) is 0 Å². The Bertz CT molecular complexity index is 719. The van der Waals surface area contributed by atoms with Crippen LogP contribution in [0, 0.1) is 5.92 Å². The van der Waals surface area contributed by atoms with Gasteiger partial charge in [0.15, 0.2) is 0 Å². The number of nitrogens with two attached hydrogens (primary N) is 1. The fourth-order valence-electron chi connectivity index (χ4n) is 3.79. The first-order valence-corrected chi connectivity index (χ1v) is 9.93. The van der Waals surface area contributed by atoms with Gasteiger partial charge in [0.05, 0.1) is 5.92 Å². The number of hydrogen-bond acceptors (Lipinski definition) is 3. The van der Waals surface area contributed by atoms with Crippen molar-refractivity contribution in [2.24, 2.45) is 11.7 Å². The van der Waals surface area contributed by atoms with Crippen molar-refractivity contribution in [3.8, 4) is 0 Å². The number of nitrogens with zero attached hydrogens (tertiary/aromatic N) is 2. The van der Waals surface area contributed by atoms with Crippen molar-refractivity contribution in [1.82, 2.24) is 9.80 Å². The Kier molecular flexibility index (Phi) is 6.64. The van der Waals surface area contributed by atoms with Gasteiger partial charge in [0.25, 0.3) is 0 Å². The van der Waals surface area contributed by atoms with E-state index in [2.05, 4.69) is 36.1 Å². The van der Waals surface area contributed by atoms with Crippen molar-refractivity contribution >= 4 is 5.91 Å². The van der Waals surface area contributed by atoms with Crippen LogP contribution in [0.3, 0.4) is 0 Å². The summed E-state index contributed by atoms with van der Waals surface area (Å²) >= 11 is 0. The van der Waals surface area contributed by atoms with Crippen LogP contribution < -0.4 is 5.73 Å². The van der Waals surface area contributed by atoms with Crippen LogP contribution >= 0.6 is 0 Å². The molecule has 0 aromatic heterocycles. The molecule has 0 bridgehead atoms. The van der Waals surface area contributed by atoms with E-state index in [-0.39, 0.29) is 17.9 Å². The van der Waals surface area contributed by atoms with Gasteiger partial charge in [0, 0.05) is 38.3 Å². The molecule has 2 aromatic rings. The Hall–Kier alpha value is -2.17. The zero-order valence-electron chi connectivity index (χ0n) is 16.4. The third-order valence-corrected chi connectivity index (χ3v) is 5.75. The highest BCUT2D eigenvalue weighted by atomic mass is 16.2. The first kappa shape index (κ1) is 19.6. The van der Waals surface area contributed by atoms with E-state index in [1.807, 2.05) is 48.2 Å². The average Bonchev–Trinajstić information content (AvgIpc) is 2.90. The lowest BCUT2D eigenvalue weighted by Crippen LogP contribution is -2.41. The maximum absolute atomic E-state index is 13.1. The molecule has 1 heterocycles. The molecule has 1 aliphatic heterocycles. The molecular formula is C23H31N3O. The van der Waals surface area contributed by atoms with E-state index in [0.29, 0.717) is 6.04 Å². The van der Waals surface area contributed by atoms with Crippen LogP contribution in [0.25, 0.3) is 0 Å². The zero-order chi connectivity index (χ0) is 19.2. The molecule has 1 saturated heterocycles. The lowest BCUT2D eigenvalue weighted by Gasteiger charge is -2.28. The van der Waals surface area contributed by atoms with Gasteiger partial charge in [-0.1, -0.05) is 67.6 Å². The quantitative estimate of drug-likeness (QED) is 0.883. The first-order chi connectivity index (χ1) is 13.1. The van der Waals surface area contributed by atoms with E-state index in [1.165, 1.54) is 5.56 Å². The van der Waals surface area contributed by atoms with Gasteiger partial charge in [-0.3, -0.25) is 9.69 Å². The van der Waals surface area contributed by atoms with Crippen LogP contribution in [0.15, 0.2) is 60.7 Å². The van der Waals surface area contributed by atoms with E-state index in [9.17, 15) is 4.79 Å². The van der Waals surface area contributed by atoms with Crippen molar-refractivity contribution in [3.05, 3.63) is 71.8 Å². The molecular weight excluding hydrogens is 334 g/mol. The molecule has 0 spiro atoms. The molecule has 1 fully saturated rings. The van der Waals surface area contributed by atoms with Gasteiger partial charge >= 0.3 is 0 Å². The van der Waals surface area contributed by atoms with Crippen LogP contribution in [-0.4, -0.2) is 41.4 Å². The van der Waals surface area contributed by atoms with Gasteiger partial charge in [-0.25, -0.2) is 0 Å². The molecule has 0 radical (unpaired) electrons. The molecule has 3 rings (SSSR count). The summed E-state index contributed by atoms with van der Waals surface area (Å²) in [4.78, 5) is 17.6. The van der Waals surface area contributed by atoms with E-state index >= 15 is 0 Å². The minimum absolute atomic E-state index is 0.167. The van der Waals surface area contributed by atoms with E-state index in [4.69, 9.17) is 5.73 Å². The maximum Gasteiger partial charge on any atom is 0.227 e. The molecule has 0 saturated carbocycles. The molecule has 4 heteroatoms. The summed E-state index contributed by atoms with van der Waals surface area (Å²) in [7, 11) is 0. The second-order valence-corrected chi connectivity index (χ2v) is 7.64. The largest absolute Gasteiger partial charge is 0.341 e. The third-order valence-electron chi connectivity index (χ3n) is 5.75. The standard InChI is InChI=1S/C23H31N3O/c1-18-13-14-25(15-16-26(18)17-20-9-5-3-6-10-20)23(27)19(2)22(24)21-11-7-4-8-12-21/h3-12,18-19,22H,13-17,24H2,1-2H3. The summed E-state index contributed by atoms with van der Waals surface area (Å²) in [5, 5.41) is 0. The van der Waals surface area contributed by atoms with Gasteiger partial charge in [0.2, 0.25) is 5.91 Å². The molecule has 3 unspecified atom stereocenters. The molecule has 0 aliphatic carbocycles. The smallest absolute Gasteiger partial charge is 0.227 e. The van der Waals surface area contributed by atoms with Crippen molar-refractivity contribution in [2.45, 2.75) is 38.9 Å². The average molecular weight is 366 g/mol. The maximum atomic E-state index is 13.1.